The smallest absolute Gasteiger partial charge is 0.348 e. The lowest BCUT2D eigenvalue weighted by Crippen LogP contribution is -2.47. The molecule has 1 atom stereocenters. The molecule has 6 heteroatoms. The molecule has 6 nitrogen and oxygen atoms in total. The summed E-state index contributed by atoms with van der Waals surface area (Å²) in [5.41, 5.74) is 2.30. The van der Waals surface area contributed by atoms with Crippen molar-refractivity contribution in [3.05, 3.63) is 41.2 Å². The molecular formula is C19H21NO5. The third-order valence-corrected chi connectivity index (χ3v) is 5.08. The SMILES string of the molecule is O=C1OC2(CCOC2)OC(=O)C1=CCC1CCCCc2ccnc1c2. The molecule has 25 heavy (non-hydrogen) atoms. The molecule has 1 spiro atoms. The average molecular weight is 343 g/mol. The highest BCUT2D eigenvalue weighted by molar-refractivity contribution is 6.15. The normalized spacial score (nSPS) is 29.0. The van der Waals surface area contributed by atoms with Crippen LogP contribution >= 0.6 is 0 Å². The molecule has 0 saturated carbocycles. The molecule has 2 aliphatic heterocycles. The minimum Gasteiger partial charge on any atom is -0.416 e. The zero-order chi connectivity index (χ0) is 17.3. The van der Waals surface area contributed by atoms with E-state index in [0.29, 0.717) is 19.4 Å². The van der Waals surface area contributed by atoms with Crippen LogP contribution in [0.3, 0.4) is 0 Å². The summed E-state index contributed by atoms with van der Waals surface area (Å²) in [5, 5.41) is 0. The van der Waals surface area contributed by atoms with Gasteiger partial charge in [-0.3, -0.25) is 4.98 Å². The predicted molar refractivity (Wildman–Crippen MR) is 87.6 cm³/mol. The monoisotopic (exact) mass is 343 g/mol. The van der Waals surface area contributed by atoms with Crippen LogP contribution in [0.2, 0.25) is 0 Å². The van der Waals surface area contributed by atoms with Crippen LogP contribution in [0.15, 0.2) is 30.0 Å². The predicted octanol–water partition coefficient (Wildman–Crippen LogP) is 2.42. The lowest BCUT2D eigenvalue weighted by Gasteiger charge is -2.31. The van der Waals surface area contributed by atoms with Gasteiger partial charge in [0, 0.05) is 17.8 Å². The summed E-state index contributed by atoms with van der Waals surface area (Å²) in [4.78, 5) is 29.0. The number of esters is 2. The topological polar surface area (TPSA) is 74.7 Å². The highest BCUT2D eigenvalue weighted by atomic mass is 16.8. The molecule has 0 amide bonds. The van der Waals surface area contributed by atoms with E-state index in [0.717, 1.165) is 31.4 Å². The van der Waals surface area contributed by atoms with Crippen LogP contribution in [-0.2, 0) is 30.2 Å². The van der Waals surface area contributed by atoms with Crippen LogP contribution in [0, 0.1) is 0 Å². The van der Waals surface area contributed by atoms with Crippen molar-refractivity contribution in [1.29, 1.82) is 0 Å². The summed E-state index contributed by atoms with van der Waals surface area (Å²) in [6.07, 6.45) is 8.75. The van der Waals surface area contributed by atoms with Gasteiger partial charge in [0.05, 0.1) is 13.0 Å². The Kier molecular flexibility index (Phi) is 4.29. The first-order valence-electron chi connectivity index (χ1n) is 8.85. The van der Waals surface area contributed by atoms with E-state index in [1.165, 1.54) is 5.56 Å². The van der Waals surface area contributed by atoms with Crippen LogP contribution in [0.5, 0.6) is 0 Å². The Morgan fingerprint density at radius 1 is 1.24 bits per heavy atom. The van der Waals surface area contributed by atoms with E-state index in [1.807, 2.05) is 12.3 Å². The van der Waals surface area contributed by atoms with Gasteiger partial charge in [-0.2, -0.15) is 0 Å². The van der Waals surface area contributed by atoms with Gasteiger partial charge < -0.3 is 14.2 Å². The summed E-state index contributed by atoms with van der Waals surface area (Å²) in [6, 6.07) is 4.17. The summed E-state index contributed by atoms with van der Waals surface area (Å²) in [5.74, 6) is -2.26. The largest absolute Gasteiger partial charge is 0.416 e. The van der Waals surface area contributed by atoms with E-state index in [4.69, 9.17) is 14.2 Å². The van der Waals surface area contributed by atoms with Crippen LogP contribution < -0.4 is 0 Å². The fraction of sp³-hybridized carbons (Fsp3) is 0.526. The Labute approximate surface area is 146 Å². The quantitative estimate of drug-likeness (QED) is 0.466. The standard InChI is InChI=1S/C19H21NO5/c21-17-15(18(22)25-19(24-17)8-10-23-12-19)6-5-14-4-2-1-3-13-7-9-20-16(14)11-13/h6-7,9,11,14H,1-5,8,10,12H2. The highest BCUT2D eigenvalue weighted by Crippen LogP contribution is 2.33. The minimum atomic E-state index is -1.22. The number of rotatable bonds is 2. The second kappa shape index (κ2) is 6.59. The maximum absolute atomic E-state index is 12.3. The van der Waals surface area contributed by atoms with E-state index in [1.54, 1.807) is 6.08 Å². The van der Waals surface area contributed by atoms with Gasteiger partial charge in [0.2, 0.25) is 0 Å². The molecule has 0 radical (unpaired) electrons. The maximum atomic E-state index is 12.3. The summed E-state index contributed by atoms with van der Waals surface area (Å²) in [7, 11) is 0. The van der Waals surface area contributed by atoms with Gasteiger partial charge in [0.15, 0.2) is 0 Å². The molecule has 0 aromatic carbocycles. The average Bonchev–Trinajstić information content (AvgIpc) is 3.02. The summed E-state index contributed by atoms with van der Waals surface area (Å²) >= 11 is 0. The molecule has 1 aromatic rings. The minimum absolute atomic E-state index is 0.0178. The Bertz CT molecular complexity index is 698. The van der Waals surface area contributed by atoms with Crippen LogP contribution in [0.4, 0.5) is 0 Å². The van der Waals surface area contributed by atoms with E-state index in [9.17, 15) is 9.59 Å². The Hall–Kier alpha value is -2.21. The van der Waals surface area contributed by atoms with E-state index < -0.39 is 17.7 Å². The van der Waals surface area contributed by atoms with Gasteiger partial charge >= 0.3 is 11.9 Å². The highest BCUT2D eigenvalue weighted by Gasteiger charge is 2.49. The first-order valence-corrected chi connectivity index (χ1v) is 8.85. The number of ether oxygens (including phenoxy) is 3. The Morgan fingerprint density at radius 3 is 2.84 bits per heavy atom. The molecular weight excluding hydrogens is 322 g/mol. The molecule has 2 saturated heterocycles. The molecule has 2 fully saturated rings. The van der Waals surface area contributed by atoms with Crippen molar-refractivity contribution >= 4 is 11.9 Å². The van der Waals surface area contributed by atoms with E-state index >= 15 is 0 Å². The summed E-state index contributed by atoms with van der Waals surface area (Å²) < 4.78 is 15.9. The third kappa shape index (κ3) is 3.31. The number of aryl methyl sites for hydroxylation is 1. The van der Waals surface area contributed by atoms with Crippen molar-refractivity contribution in [3.63, 3.8) is 0 Å². The van der Waals surface area contributed by atoms with Crippen molar-refractivity contribution in [1.82, 2.24) is 4.98 Å². The van der Waals surface area contributed by atoms with Gasteiger partial charge in [-0.1, -0.05) is 12.5 Å². The van der Waals surface area contributed by atoms with Crippen LogP contribution in [0.1, 0.15) is 49.3 Å². The molecule has 1 unspecified atom stereocenters. The maximum Gasteiger partial charge on any atom is 0.348 e. The zero-order valence-electron chi connectivity index (χ0n) is 14.0. The first kappa shape index (κ1) is 16.3. The molecule has 1 aliphatic carbocycles. The third-order valence-electron chi connectivity index (χ3n) is 5.08. The number of carbonyl (C=O) groups is 2. The number of fused-ring (bicyclic) bond motifs is 2. The van der Waals surface area contributed by atoms with Crippen LogP contribution in [0.25, 0.3) is 0 Å². The molecule has 0 N–H and O–H groups in total. The van der Waals surface area contributed by atoms with Gasteiger partial charge in [-0.25, -0.2) is 9.59 Å². The summed E-state index contributed by atoms with van der Waals surface area (Å²) in [6.45, 7) is 0.529. The van der Waals surface area contributed by atoms with Crippen molar-refractivity contribution in [2.75, 3.05) is 13.2 Å². The van der Waals surface area contributed by atoms with Crippen molar-refractivity contribution in [2.24, 2.45) is 0 Å². The molecule has 4 rings (SSSR count). The number of carbonyl (C=O) groups excluding carboxylic acids is 2. The number of pyridine rings is 1. The number of nitrogens with zero attached hydrogens (tertiary/aromatic N) is 1. The van der Waals surface area contributed by atoms with Crippen molar-refractivity contribution in [3.8, 4) is 0 Å². The van der Waals surface area contributed by atoms with Gasteiger partial charge in [0.1, 0.15) is 12.2 Å². The fourth-order valence-electron chi connectivity index (χ4n) is 3.65. The molecule has 2 bridgehead atoms. The molecule has 132 valence electrons. The fourth-order valence-corrected chi connectivity index (χ4v) is 3.65. The zero-order valence-corrected chi connectivity index (χ0v) is 14.0. The lowest BCUT2D eigenvalue weighted by atomic mass is 9.89. The van der Waals surface area contributed by atoms with Gasteiger partial charge in [0.25, 0.3) is 5.79 Å². The van der Waals surface area contributed by atoms with Gasteiger partial charge in [-0.05, 0) is 43.4 Å². The van der Waals surface area contributed by atoms with Crippen LogP contribution in [-0.4, -0.2) is 35.9 Å². The second-order valence-electron chi connectivity index (χ2n) is 6.88. The molecule has 1 aromatic heterocycles. The Morgan fingerprint density at radius 2 is 2.08 bits per heavy atom. The van der Waals surface area contributed by atoms with E-state index in [2.05, 4.69) is 11.1 Å². The number of allylic oxidation sites excluding steroid dienone is 1. The molecule has 3 aliphatic rings. The number of hydrogen-bond acceptors (Lipinski definition) is 6. The van der Waals surface area contributed by atoms with Crippen molar-refractivity contribution < 1.29 is 23.8 Å². The van der Waals surface area contributed by atoms with Crippen molar-refractivity contribution in [2.45, 2.75) is 50.2 Å². The Balaban J connectivity index is 1.50. The lowest BCUT2D eigenvalue weighted by molar-refractivity contribution is -0.233. The van der Waals surface area contributed by atoms with E-state index in [-0.39, 0.29) is 18.1 Å². The second-order valence-corrected chi connectivity index (χ2v) is 6.88. The molecule has 3 heterocycles. The number of hydrogen-bond donors (Lipinski definition) is 0. The van der Waals surface area contributed by atoms with Gasteiger partial charge in [-0.15, -0.1) is 0 Å². The number of aromatic nitrogens is 1. The first-order chi connectivity index (χ1) is 12.2.